The number of amides is 3. The van der Waals surface area contributed by atoms with Gasteiger partial charge in [-0.25, -0.2) is 9.78 Å². The number of nitrogens with one attached hydrogen (secondary N) is 2. The van der Waals surface area contributed by atoms with Crippen molar-refractivity contribution in [3.05, 3.63) is 70.4 Å². The highest BCUT2D eigenvalue weighted by Crippen LogP contribution is 2.39. The van der Waals surface area contributed by atoms with Crippen LogP contribution in [0.3, 0.4) is 0 Å². The molecule has 5 rings (SSSR count). The fourth-order valence-electron chi connectivity index (χ4n) is 4.58. The Balaban J connectivity index is 1.32. The van der Waals surface area contributed by atoms with Gasteiger partial charge in [-0.05, 0) is 43.4 Å². The lowest BCUT2D eigenvalue weighted by Gasteiger charge is -2.22. The number of carbonyl (C=O) groups excluding carboxylic acids is 3. The SMILES string of the molecule is COc1ccc(CNC(=O)c2nc([C@H]3CCCN3C(=O)OCc3ccccc3)sc2NC(=O)C2CC2)c(OC)c1. The van der Waals surface area contributed by atoms with Crippen LogP contribution in [0.25, 0.3) is 0 Å². The minimum atomic E-state index is -0.428. The smallest absolute Gasteiger partial charge is 0.410 e. The maximum absolute atomic E-state index is 13.3. The van der Waals surface area contributed by atoms with Gasteiger partial charge in [-0.3, -0.25) is 14.5 Å². The van der Waals surface area contributed by atoms with Crippen LogP contribution in [-0.2, 0) is 22.7 Å². The van der Waals surface area contributed by atoms with Gasteiger partial charge in [-0.15, -0.1) is 0 Å². The molecule has 1 atom stereocenters. The molecular weight excluding hydrogens is 532 g/mol. The molecule has 1 aromatic heterocycles. The van der Waals surface area contributed by atoms with Gasteiger partial charge in [0.05, 0.1) is 20.3 Å². The minimum Gasteiger partial charge on any atom is -0.497 e. The van der Waals surface area contributed by atoms with Crippen LogP contribution in [0.15, 0.2) is 48.5 Å². The lowest BCUT2D eigenvalue weighted by Crippen LogP contribution is -2.31. The Morgan fingerprint density at radius 1 is 1.05 bits per heavy atom. The number of aromatic nitrogens is 1. The molecule has 2 aliphatic rings. The number of likely N-dealkylation sites (tertiary alicyclic amines) is 1. The summed E-state index contributed by atoms with van der Waals surface area (Å²) in [5.74, 6) is 0.635. The zero-order valence-electron chi connectivity index (χ0n) is 22.5. The van der Waals surface area contributed by atoms with Crippen LogP contribution >= 0.6 is 11.3 Å². The van der Waals surface area contributed by atoms with Crippen LogP contribution in [0.1, 0.15) is 58.3 Å². The van der Waals surface area contributed by atoms with Gasteiger partial charge < -0.3 is 24.8 Å². The molecule has 2 fully saturated rings. The summed E-state index contributed by atoms with van der Waals surface area (Å²) in [5.41, 5.74) is 1.79. The lowest BCUT2D eigenvalue weighted by atomic mass is 10.2. The van der Waals surface area contributed by atoms with E-state index in [2.05, 4.69) is 15.6 Å². The highest BCUT2D eigenvalue weighted by atomic mass is 32.1. The van der Waals surface area contributed by atoms with Gasteiger partial charge in [0.25, 0.3) is 5.91 Å². The molecule has 1 aliphatic heterocycles. The summed E-state index contributed by atoms with van der Waals surface area (Å²) in [7, 11) is 3.12. The number of thiazole rings is 1. The molecule has 11 heteroatoms. The highest BCUT2D eigenvalue weighted by molar-refractivity contribution is 7.16. The first kappa shape index (κ1) is 27.4. The van der Waals surface area contributed by atoms with Gasteiger partial charge in [0, 0.05) is 30.6 Å². The summed E-state index contributed by atoms with van der Waals surface area (Å²) < 4.78 is 16.3. The van der Waals surface area contributed by atoms with Crippen molar-refractivity contribution < 1.29 is 28.6 Å². The van der Waals surface area contributed by atoms with Gasteiger partial charge in [-0.2, -0.15) is 0 Å². The van der Waals surface area contributed by atoms with E-state index >= 15 is 0 Å². The number of carbonyl (C=O) groups is 3. The molecule has 2 aromatic carbocycles. The Kier molecular flexibility index (Phi) is 8.49. The molecule has 0 radical (unpaired) electrons. The van der Waals surface area contributed by atoms with Gasteiger partial charge in [0.1, 0.15) is 28.1 Å². The van der Waals surface area contributed by atoms with E-state index in [0.717, 1.165) is 30.4 Å². The average molecular weight is 565 g/mol. The fourth-order valence-corrected chi connectivity index (χ4v) is 5.69. The number of rotatable bonds is 10. The third-order valence-corrected chi connectivity index (χ3v) is 8.03. The van der Waals surface area contributed by atoms with Gasteiger partial charge in [-0.1, -0.05) is 41.7 Å². The van der Waals surface area contributed by atoms with E-state index < -0.39 is 12.0 Å². The molecule has 3 amide bonds. The summed E-state index contributed by atoms with van der Waals surface area (Å²) in [6.45, 7) is 0.891. The number of benzene rings is 2. The van der Waals surface area contributed by atoms with E-state index in [1.54, 1.807) is 31.3 Å². The van der Waals surface area contributed by atoms with Gasteiger partial charge >= 0.3 is 6.09 Å². The Labute approximate surface area is 236 Å². The molecule has 40 heavy (non-hydrogen) atoms. The largest absolute Gasteiger partial charge is 0.497 e. The van der Waals surface area contributed by atoms with Crippen LogP contribution in [0.5, 0.6) is 11.5 Å². The van der Waals surface area contributed by atoms with Crippen molar-refractivity contribution in [3.8, 4) is 11.5 Å². The van der Waals surface area contributed by atoms with Crippen molar-refractivity contribution in [3.63, 3.8) is 0 Å². The van der Waals surface area contributed by atoms with Crippen molar-refractivity contribution >= 4 is 34.2 Å². The monoisotopic (exact) mass is 564 g/mol. The van der Waals surface area contributed by atoms with E-state index in [0.29, 0.717) is 34.5 Å². The van der Waals surface area contributed by atoms with Crippen molar-refractivity contribution in [2.45, 2.75) is 44.9 Å². The standard InChI is InChI=1S/C29H32N4O6S/c1-37-21-13-12-20(23(15-21)38-2)16-30-26(35)24-28(32-25(34)19-10-11-19)40-27(31-24)22-9-6-14-33(22)29(36)39-17-18-7-4-3-5-8-18/h3-5,7-8,12-13,15,19,22H,6,9-11,14,16-17H2,1-2H3,(H,30,35)(H,32,34)/t22-/m1/s1. The number of hydrogen-bond acceptors (Lipinski definition) is 8. The predicted octanol–water partition coefficient (Wildman–Crippen LogP) is 4.91. The van der Waals surface area contributed by atoms with Crippen LogP contribution in [0, 0.1) is 5.92 Å². The van der Waals surface area contributed by atoms with Crippen LogP contribution in [0.4, 0.5) is 9.80 Å². The molecule has 10 nitrogen and oxygen atoms in total. The summed E-state index contributed by atoms with van der Waals surface area (Å²) >= 11 is 1.23. The lowest BCUT2D eigenvalue weighted by molar-refractivity contribution is -0.117. The van der Waals surface area contributed by atoms with Gasteiger partial charge in [0.15, 0.2) is 5.69 Å². The topological polar surface area (TPSA) is 119 Å². The molecule has 0 bridgehead atoms. The summed E-state index contributed by atoms with van der Waals surface area (Å²) in [4.78, 5) is 45.2. The summed E-state index contributed by atoms with van der Waals surface area (Å²) in [5, 5.41) is 6.77. The average Bonchev–Trinajstić information content (AvgIpc) is 3.58. The quantitative estimate of drug-likeness (QED) is 0.359. The number of nitrogens with zero attached hydrogens (tertiary/aromatic N) is 2. The second kappa shape index (κ2) is 12.4. The Morgan fingerprint density at radius 3 is 2.58 bits per heavy atom. The molecular formula is C29H32N4O6S. The minimum absolute atomic E-state index is 0.0408. The zero-order valence-corrected chi connectivity index (χ0v) is 23.3. The maximum atomic E-state index is 13.3. The summed E-state index contributed by atoms with van der Waals surface area (Å²) in [6.07, 6.45) is 2.71. The second-order valence-corrected chi connectivity index (χ2v) is 10.8. The van der Waals surface area contributed by atoms with Crippen LogP contribution in [-0.4, -0.2) is 48.6 Å². The van der Waals surface area contributed by atoms with E-state index in [-0.39, 0.29) is 36.7 Å². The number of hydrogen-bond donors (Lipinski definition) is 2. The second-order valence-electron chi connectivity index (χ2n) is 9.75. The molecule has 2 heterocycles. The van der Waals surface area contributed by atoms with Crippen molar-refractivity contribution in [1.82, 2.24) is 15.2 Å². The van der Waals surface area contributed by atoms with Crippen LogP contribution in [0.2, 0.25) is 0 Å². The van der Waals surface area contributed by atoms with Crippen molar-refractivity contribution in [2.24, 2.45) is 5.92 Å². The Hall–Kier alpha value is -4.12. The maximum Gasteiger partial charge on any atom is 0.410 e. The van der Waals surface area contributed by atoms with E-state index in [1.807, 2.05) is 36.4 Å². The number of methoxy groups -OCH3 is 2. The van der Waals surface area contributed by atoms with E-state index in [9.17, 15) is 14.4 Å². The first-order valence-electron chi connectivity index (χ1n) is 13.2. The molecule has 3 aromatic rings. The predicted molar refractivity (Wildman–Crippen MR) is 149 cm³/mol. The highest BCUT2D eigenvalue weighted by Gasteiger charge is 2.36. The molecule has 1 saturated carbocycles. The van der Waals surface area contributed by atoms with E-state index in [1.165, 1.54) is 11.3 Å². The molecule has 210 valence electrons. The summed E-state index contributed by atoms with van der Waals surface area (Å²) in [6, 6.07) is 14.5. The van der Waals surface area contributed by atoms with Crippen LogP contribution < -0.4 is 20.1 Å². The zero-order chi connectivity index (χ0) is 28.1. The first-order valence-corrected chi connectivity index (χ1v) is 14.1. The third kappa shape index (κ3) is 6.36. The fraction of sp³-hybridized carbons (Fsp3) is 0.379. The molecule has 1 saturated heterocycles. The Morgan fingerprint density at radius 2 is 1.85 bits per heavy atom. The van der Waals surface area contributed by atoms with Crippen molar-refractivity contribution in [1.29, 1.82) is 0 Å². The Bertz CT molecular complexity index is 1370. The number of anilines is 1. The third-order valence-electron chi connectivity index (χ3n) is 6.95. The van der Waals surface area contributed by atoms with Gasteiger partial charge in [0.2, 0.25) is 5.91 Å². The van der Waals surface area contributed by atoms with Crippen molar-refractivity contribution in [2.75, 3.05) is 26.1 Å². The molecule has 1 aliphatic carbocycles. The molecule has 0 unspecified atom stereocenters. The molecule has 0 spiro atoms. The van der Waals surface area contributed by atoms with E-state index in [4.69, 9.17) is 14.2 Å². The normalized spacial score (nSPS) is 16.4. The first-order chi connectivity index (χ1) is 19.5. The molecule has 2 N–H and O–H groups in total. The number of ether oxygens (including phenoxy) is 3.